The van der Waals surface area contributed by atoms with E-state index < -0.39 is 0 Å². The van der Waals surface area contributed by atoms with Crippen LogP contribution in [0.2, 0.25) is 0 Å². The lowest BCUT2D eigenvalue weighted by Crippen LogP contribution is -2.19. The fraction of sp³-hybridized carbons (Fsp3) is 0.0333. The van der Waals surface area contributed by atoms with E-state index in [0.717, 1.165) is 38.5 Å². The summed E-state index contributed by atoms with van der Waals surface area (Å²) in [5, 5.41) is 16.2. The summed E-state index contributed by atoms with van der Waals surface area (Å²) in [6.45, 7) is 0.570. The summed E-state index contributed by atoms with van der Waals surface area (Å²) in [6, 6.07) is 32.1. The second kappa shape index (κ2) is 9.21. The van der Waals surface area contributed by atoms with Crippen molar-refractivity contribution in [1.29, 1.82) is 5.26 Å². The van der Waals surface area contributed by atoms with E-state index in [1.165, 1.54) is 11.8 Å². The second-order valence-electron chi connectivity index (χ2n) is 8.48. The van der Waals surface area contributed by atoms with Crippen molar-refractivity contribution in [2.75, 3.05) is 0 Å². The zero-order chi connectivity index (χ0) is 24.5. The first-order valence-corrected chi connectivity index (χ1v) is 12.3. The zero-order valence-electron chi connectivity index (χ0n) is 19.2. The fourth-order valence-electron chi connectivity index (χ4n) is 4.51. The van der Waals surface area contributed by atoms with Gasteiger partial charge in [-0.2, -0.15) is 5.26 Å². The predicted molar refractivity (Wildman–Crippen MR) is 147 cm³/mol. The third-order valence-electron chi connectivity index (χ3n) is 6.22. The number of para-hydroxylation sites is 1. The van der Waals surface area contributed by atoms with Crippen LogP contribution in [-0.2, 0) is 11.3 Å². The molecule has 0 saturated carbocycles. The quantitative estimate of drug-likeness (QED) is 0.292. The number of hydrogen-bond donors (Lipinski definition) is 1. The molecule has 1 aromatic heterocycles. The monoisotopic (exact) mass is 484 g/mol. The van der Waals surface area contributed by atoms with Crippen molar-refractivity contribution in [2.45, 2.75) is 6.54 Å². The molecule has 0 bridgehead atoms. The maximum atomic E-state index is 12.8. The summed E-state index contributed by atoms with van der Waals surface area (Å²) in [6.07, 6.45) is 3.96. The molecule has 36 heavy (non-hydrogen) atoms. The van der Waals surface area contributed by atoms with Gasteiger partial charge in [0.2, 0.25) is 0 Å². The van der Waals surface area contributed by atoms with Gasteiger partial charge < -0.3 is 9.88 Å². The largest absolute Gasteiger partial charge is 0.342 e. The van der Waals surface area contributed by atoms with E-state index in [-0.39, 0.29) is 5.91 Å². The minimum atomic E-state index is -0.161. The number of amidine groups is 1. The third kappa shape index (κ3) is 4.06. The Hall–Kier alpha value is -4.60. The SMILES string of the molecule is N#Cc1ccccc1Cn1cc(/C=C2\SC(=Nc3cccc4ccccc34)NC2=O)c2ccccc21. The van der Waals surface area contributed by atoms with Gasteiger partial charge in [-0.25, -0.2) is 4.99 Å². The number of carbonyl (C=O) groups is 1. The van der Waals surface area contributed by atoms with Gasteiger partial charge in [0.25, 0.3) is 5.91 Å². The van der Waals surface area contributed by atoms with Crippen LogP contribution in [0.4, 0.5) is 5.69 Å². The van der Waals surface area contributed by atoms with Gasteiger partial charge in [-0.1, -0.05) is 72.8 Å². The van der Waals surface area contributed by atoms with E-state index in [0.29, 0.717) is 22.2 Å². The van der Waals surface area contributed by atoms with Crippen LogP contribution >= 0.6 is 11.8 Å². The molecule has 1 saturated heterocycles. The van der Waals surface area contributed by atoms with E-state index in [1.54, 1.807) is 0 Å². The van der Waals surface area contributed by atoms with Gasteiger partial charge in [-0.05, 0) is 47.0 Å². The van der Waals surface area contributed by atoms with Crippen molar-refractivity contribution in [3.63, 3.8) is 0 Å². The molecule has 0 radical (unpaired) electrons. The molecule has 5 aromatic rings. The second-order valence-corrected chi connectivity index (χ2v) is 9.51. The number of nitrogens with one attached hydrogen (secondary N) is 1. The smallest absolute Gasteiger partial charge is 0.264 e. The number of benzene rings is 4. The Kier molecular flexibility index (Phi) is 5.61. The molecule has 4 aromatic carbocycles. The number of carbonyl (C=O) groups excluding carboxylic acids is 1. The molecular formula is C30H20N4OS. The summed E-state index contributed by atoms with van der Waals surface area (Å²) < 4.78 is 2.13. The van der Waals surface area contributed by atoms with Crippen LogP contribution in [0.3, 0.4) is 0 Å². The van der Waals surface area contributed by atoms with Crippen LogP contribution in [0.25, 0.3) is 27.8 Å². The highest BCUT2D eigenvalue weighted by molar-refractivity contribution is 8.18. The molecular weight excluding hydrogens is 464 g/mol. The Labute approximate surface area is 212 Å². The van der Waals surface area contributed by atoms with E-state index in [9.17, 15) is 10.1 Å². The first-order chi connectivity index (χ1) is 17.7. The third-order valence-corrected chi connectivity index (χ3v) is 7.13. The van der Waals surface area contributed by atoms with Gasteiger partial charge in [0, 0.05) is 34.6 Å². The Bertz CT molecular complexity index is 1750. The van der Waals surface area contributed by atoms with E-state index in [1.807, 2.05) is 79.0 Å². The minimum absolute atomic E-state index is 0.161. The number of rotatable bonds is 4. The number of fused-ring (bicyclic) bond motifs is 2. The van der Waals surface area contributed by atoms with Crippen molar-refractivity contribution in [3.8, 4) is 6.07 Å². The first-order valence-electron chi connectivity index (χ1n) is 11.5. The van der Waals surface area contributed by atoms with Gasteiger partial charge in [-0.15, -0.1) is 0 Å². The normalized spacial score (nSPS) is 15.6. The molecule has 1 N–H and O–H groups in total. The Morgan fingerprint density at radius 2 is 1.67 bits per heavy atom. The van der Waals surface area contributed by atoms with Crippen LogP contribution in [-0.4, -0.2) is 15.6 Å². The molecule has 1 amide bonds. The summed E-state index contributed by atoms with van der Waals surface area (Å²) in [5.74, 6) is -0.161. The van der Waals surface area contributed by atoms with Crippen LogP contribution < -0.4 is 5.32 Å². The Morgan fingerprint density at radius 3 is 2.56 bits per heavy atom. The van der Waals surface area contributed by atoms with E-state index >= 15 is 0 Å². The molecule has 0 atom stereocenters. The molecule has 0 spiro atoms. The predicted octanol–water partition coefficient (Wildman–Crippen LogP) is 6.61. The lowest BCUT2D eigenvalue weighted by molar-refractivity contribution is -0.115. The molecule has 1 aliphatic heterocycles. The molecule has 5 nitrogen and oxygen atoms in total. The van der Waals surface area contributed by atoms with Crippen molar-refractivity contribution in [1.82, 2.24) is 9.88 Å². The van der Waals surface area contributed by atoms with Crippen molar-refractivity contribution in [3.05, 3.63) is 119 Å². The molecule has 6 rings (SSSR count). The average molecular weight is 485 g/mol. The number of nitrogens with zero attached hydrogens (tertiary/aromatic N) is 3. The maximum Gasteiger partial charge on any atom is 0.264 e. The maximum absolute atomic E-state index is 12.8. The number of nitriles is 1. The molecule has 172 valence electrons. The van der Waals surface area contributed by atoms with Crippen LogP contribution in [0, 0.1) is 11.3 Å². The molecule has 2 heterocycles. The topological polar surface area (TPSA) is 70.2 Å². The number of thioether (sulfide) groups is 1. The van der Waals surface area contributed by atoms with Crippen molar-refractivity contribution >= 4 is 56.3 Å². The van der Waals surface area contributed by atoms with Gasteiger partial charge in [0.1, 0.15) is 0 Å². The highest BCUT2D eigenvalue weighted by atomic mass is 32.2. The minimum Gasteiger partial charge on any atom is -0.342 e. The summed E-state index contributed by atoms with van der Waals surface area (Å²) in [5.41, 5.74) is 4.44. The number of aromatic nitrogens is 1. The lowest BCUT2D eigenvalue weighted by atomic mass is 10.1. The van der Waals surface area contributed by atoms with Gasteiger partial charge in [0.15, 0.2) is 5.17 Å². The van der Waals surface area contributed by atoms with Gasteiger partial charge in [-0.3, -0.25) is 4.79 Å². The summed E-state index contributed by atoms with van der Waals surface area (Å²) in [4.78, 5) is 18.2. The van der Waals surface area contributed by atoms with Crippen LogP contribution in [0.1, 0.15) is 16.7 Å². The van der Waals surface area contributed by atoms with Gasteiger partial charge >= 0.3 is 0 Å². The number of aliphatic imine (C=N–C) groups is 1. The van der Waals surface area contributed by atoms with Crippen LogP contribution in [0.5, 0.6) is 0 Å². The summed E-state index contributed by atoms with van der Waals surface area (Å²) >= 11 is 1.34. The zero-order valence-corrected chi connectivity index (χ0v) is 20.0. The van der Waals surface area contributed by atoms with Crippen molar-refractivity contribution < 1.29 is 4.79 Å². The Balaban J connectivity index is 1.35. The first kappa shape index (κ1) is 21.9. The fourth-order valence-corrected chi connectivity index (χ4v) is 5.33. The molecule has 6 heteroatoms. The molecule has 1 aliphatic rings. The lowest BCUT2D eigenvalue weighted by Gasteiger charge is -2.07. The number of hydrogen-bond acceptors (Lipinski definition) is 4. The average Bonchev–Trinajstić information content (AvgIpc) is 3.44. The van der Waals surface area contributed by atoms with Crippen LogP contribution in [0.15, 0.2) is 107 Å². The highest BCUT2D eigenvalue weighted by Crippen LogP contribution is 2.33. The Morgan fingerprint density at radius 1 is 0.917 bits per heavy atom. The standard InChI is InChI=1S/C30H20N4OS/c31-17-21-9-1-2-10-22(21)18-34-19-23(25-13-5-6-15-27(25)34)16-28-29(35)33-30(36-28)32-26-14-7-11-20-8-3-4-12-24(20)26/h1-16,19H,18H2,(H,32,33,35)/b28-16-. The molecule has 1 fully saturated rings. The number of amides is 1. The van der Waals surface area contributed by atoms with E-state index in [2.05, 4.69) is 40.2 Å². The van der Waals surface area contributed by atoms with Crippen molar-refractivity contribution in [2.24, 2.45) is 4.99 Å². The highest BCUT2D eigenvalue weighted by Gasteiger charge is 2.24. The molecule has 0 aliphatic carbocycles. The van der Waals surface area contributed by atoms with Gasteiger partial charge in [0.05, 0.1) is 22.2 Å². The van der Waals surface area contributed by atoms with E-state index in [4.69, 9.17) is 4.99 Å². The summed E-state index contributed by atoms with van der Waals surface area (Å²) in [7, 11) is 0. The molecule has 0 unspecified atom stereocenters.